The van der Waals surface area contributed by atoms with Crippen molar-refractivity contribution in [3.8, 4) is 0 Å². The van der Waals surface area contributed by atoms with Crippen LogP contribution in [0.3, 0.4) is 0 Å². The van der Waals surface area contributed by atoms with Crippen molar-refractivity contribution in [1.29, 1.82) is 0 Å². The van der Waals surface area contributed by atoms with Gasteiger partial charge < -0.3 is 0 Å². The van der Waals surface area contributed by atoms with Crippen molar-refractivity contribution < 1.29 is 5.11 Å². The maximum Gasteiger partial charge on any atom is 0.0796 e. The fraction of sp³-hybridized carbons (Fsp3) is 1.00. The van der Waals surface area contributed by atoms with Crippen molar-refractivity contribution in [3.05, 3.63) is 0 Å². The first-order valence-corrected chi connectivity index (χ1v) is 4.85. The first-order chi connectivity index (χ1) is 2.77. The highest BCUT2D eigenvalue weighted by molar-refractivity contribution is 6.55. The average molecular weight is 102 g/mol. The molecule has 0 aromatic rings. The molecule has 0 aromatic heterocycles. The minimum absolute atomic E-state index is 0.126. The Kier molecular flexibility index (Phi) is 3.47. The minimum atomic E-state index is -0.198. The molecular weight excluding hydrogens is 92.1 g/mol. The van der Waals surface area contributed by atoms with E-state index in [4.69, 9.17) is 0 Å². The standard InChI is InChI=1S/C4H10OSi/c1-6(2)4-3-5/h3-4H2,1-2H3. The number of hydrogen-bond donors (Lipinski definition) is 0. The summed E-state index contributed by atoms with van der Waals surface area (Å²) >= 11 is 0. The molecule has 0 saturated carbocycles. The number of hydrogen-bond acceptors (Lipinski definition) is 0. The molecule has 0 aliphatic rings. The molecule has 2 radical (unpaired) electrons. The molecule has 6 heavy (non-hydrogen) atoms. The van der Waals surface area contributed by atoms with Gasteiger partial charge in [-0.05, 0) is 6.04 Å². The Labute approximate surface area is 40.6 Å². The molecule has 0 spiro atoms. The van der Waals surface area contributed by atoms with Gasteiger partial charge in [-0.25, -0.2) is 5.11 Å². The van der Waals surface area contributed by atoms with Crippen molar-refractivity contribution in [1.82, 2.24) is 0 Å². The topological polar surface area (TPSA) is 19.9 Å². The van der Waals surface area contributed by atoms with E-state index in [2.05, 4.69) is 13.1 Å². The summed E-state index contributed by atoms with van der Waals surface area (Å²) in [5.41, 5.74) is 0. The quantitative estimate of drug-likeness (QED) is 0.466. The maximum absolute atomic E-state index is 9.77. The Balaban J connectivity index is 2.63. The normalized spacial score (nSPS) is 10.0. The van der Waals surface area contributed by atoms with Gasteiger partial charge in [-0.1, -0.05) is 13.1 Å². The molecule has 0 amide bonds. The molecular formula is C4H10OSi. The van der Waals surface area contributed by atoms with E-state index in [1.54, 1.807) is 0 Å². The zero-order valence-corrected chi connectivity index (χ0v) is 5.32. The van der Waals surface area contributed by atoms with Crippen molar-refractivity contribution in [2.24, 2.45) is 0 Å². The summed E-state index contributed by atoms with van der Waals surface area (Å²) in [6.45, 7) is 4.44. The van der Waals surface area contributed by atoms with Crippen LogP contribution in [0.2, 0.25) is 19.1 Å². The Morgan fingerprint density at radius 1 is 1.50 bits per heavy atom. The van der Waals surface area contributed by atoms with Crippen molar-refractivity contribution >= 4 is 8.80 Å². The highest BCUT2D eigenvalue weighted by Gasteiger charge is 1.90. The molecule has 0 saturated heterocycles. The Hall–Kier alpha value is 0.177. The van der Waals surface area contributed by atoms with Crippen LogP contribution in [0.1, 0.15) is 0 Å². The lowest BCUT2D eigenvalue weighted by atomic mass is 10.9. The van der Waals surface area contributed by atoms with Gasteiger partial charge in [0.15, 0.2) is 0 Å². The van der Waals surface area contributed by atoms with E-state index in [0.717, 1.165) is 6.04 Å². The van der Waals surface area contributed by atoms with Gasteiger partial charge in [0, 0.05) is 8.80 Å². The van der Waals surface area contributed by atoms with Crippen molar-refractivity contribution in [3.63, 3.8) is 0 Å². The van der Waals surface area contributed by atoms with Crippen molar-refractivity contribution in [2.45, 2.75) is 19.1 Å². The predicted molar refractivity (Wildman–Crippen MR) is 27.8 cm³/mol. The molecule has 2 heteroatoms. The molecule has 0 bridgehead atoms. The summed E-state index contributed by atoms with van der Waals surface area (Å²) in [4.78, 5) is 0. The van der Waals surface area contributed by atoms with Crippen LogP contribution in [0.5, 0.6) is 0 Å². The van der Waals surface area contributed by atoms with E-state index in [1.165, 1.54) is 0 Å². The molecule has 0 heterocycles. The summed E-state index contributed by atoms with van der Waals surface area (Å²) in [6, 6.07) is 0.921. The third kappa shape index (κ3) is 4.18. The van der Waals surface area contributed by atoms with Crippen LogP contribution in [0.25, 0.3) is 0 Å². The maximum atomic E-state index is 9.77. The van der Waals surface area contributed by atoms with E-state index in [9.17, 15) is 5.11 Å². The first kappa shape index (κ1) is 6.18. The monoisotopic (exact) mass is 102 g/mol. The van der Waals surface area contributed by atoms with Crippen LogP contribution in [-0.4, -0.2) is 15.4 Å². The molecule has 0 atom stereocenters. The van der Waals surface area contributed by atoms with E-state index >= 15 is 0 Å². The predicted octanol–water partition coefficient (Wildman–Crippen LogP) is 1.17. The number of rotatable bonds is 2. The first-order valence-electron chi connectivity index (χ1n) is 2.14. The Morgan fingerprint density at radius 2 is 2.00 bits per heavy atom. The highest BCUT2D eigenvalue weighted by Crippen LogP contribution is 1.85. The lowest BCUT2D eigenvalue weighted by molar-refractivity contribution is 0.211. The lowest BCUT2D eigenvalue weighted by Gasteiger charge is -1.91. The van der Waals surface area contributed by atoms with Crippen LogP contribution in [0, 0.1) is 0 Å². The van der Waals surface area contributed by atoms with E-state index in [0.29, 0.717) is 0 Å². The van der Waals surface area contributed by atoms with Gasteiger partial charge in [0.1, 0.15) is 0 Å². The second kappa shape index (κ2) is 3.37. The van der Waals surface area contributed by atoms with E-state index in [-0.39, 0.29) is 15.4 Å². The van der Waals surface area contributed by atoms with E-state index in [1.807, 2.05) is 0 Å². The largest absolute Gasteiger partial charge is 0.237 e. The van der Waals surface area contributed by atoms with Crippen molar-refractivity contribution in [2.75, 3.05) is 6.61 Å². The van der Waals surface area contributed by atoms with Gasteiger partial charge in [-0.2, -0.15) is 0 Å². The van der Waals surface area contributed by atoms with Gasteiger partial charge >= 0.3 is 0 Å². The summed E-state index contributed by atoms with van der Waals surface area (Å²) < 4.78 is 0. The smallest absolute Gasteiger partial charge is 0.0796 e. The van der Waals surface area contributed by atoms with Crippen LogP contribution in [0.4, 0.5) is 0 Å². The molecule has 0 aliphatic carbocycles. The van der Waals surface area contributed by atoms with Gasteiger partial charge in [-0.15, -0.1) is 0 Å². The summed E-state index contributed by atoms with van der Waals surface area (Å²) in [5.74, 6) is 0. The van der Waals surface area contributed by atoms with Crippen LogP contribution in [0.15, 0.2) is 0 Å². The van der Waals surface area contributed by atoms with Gasteiger partial charge in [0.25, 0.3) is 0 Å². The second-order valence-electron chi connectivity index (χ2n) is 1.66. The molecule has 0 aliphatic heterocycles. The molecule has 0 aromatic carbocycles. The van der Waals surface area contributed by atoms with E-state index < -0.39 is 0 Å². The second-order valence-corrected chi connectivity index (χ2v) is 4.58. The van der Waals surface area contributed by atoms with Gasteiger partial charge in [0.05, 0.1) is 6.61 Å². The summed E-state index contributed by atoms with van der Waals surface area (Å²) in [5, 5.41) is 9.77. The zero-order valence-electron chi connectivity index (χ0n) is 4.32. The van der Waals surface area contributed by atoms with Gasteiger partial charge in [-0.3, -0.25) is 0 Å². The molecule has 0 rings (SSSR count). The van der Waals surface area contributed by atoms with Gasteiger partial charge in [0.2, 0.25) is 0 Å². The zero-order chi connectivity index (χ0) is 4.99. The third-order valence-electron chi connectivity index (χ3n) is 0.602. The fourth-order valence-corrected chi connectivity index (χ4v) is 0.612. The summed E-state index contributed by atoms with van der Waals surface area (Å²) in [6.07, 6.45) is 0. The Morgan fingerprint density at radius 3 is 2.00 bits per heavy atom. The molecule has 0 N–H and O–H groups in total. The summed E-state index contributed by atoms with van der Waals surface area (Å²) in [7, 11) is -0.198. The highest BCUT2D eigenvalue weighted by atomic mass is 28.3. The molecule has 0 unspecified atom stereocenters. The van der Waals surface area contributed by atoms with Crippen LogP contribution in [-0.2, 0) is 5.11 Å². The fourth-order valence-electron chi connectivity index (χ4n) is 0.204. The molecule has 36 valence electrons. The molecule has 1 nitrogen and oxygen atoms in total. The van der Waals surface area contributed by atoms with Crippen LogP contribution < -0.4 is 0 Å². The van der Waals surface area contributed by atoms with Crippen LogP contribution >= 0.6 is 0 Å². The molecule has 0 fully saturated rings. The SMILES string of the molecule is C[Si](C)CC[O]. The average Bonchev–Trinajstić information content (AvgIpc) is 1.35. The third-order valence-corrected chi connectivity index (χ3v) is 1.81. The Bertz CT molecular complexity index is 28.7. The minimum Gasteiger partial charge on any atom is -0.237 e. The lowest BCUT2D eigenvalue weighted by Crippen LogP contribution is -1.99.